The van der Waals surface area contributed by atoms with Gasteiger partial charge >= 0.3 is 6.18 Å². The highest BCUT2D eigenvalue weighted by molar-refractivity contribution is 5.92. The molecule has 0 aromatic carbocycles. The van der Waals surface area contributed by atoms with Crippen molar-refractivity contribution in [3.63, 3.8) is 0 Å². The smallest absolute Gasteiger partial charge is 0.365 e. The Hall–Kier alpha value is -2.95. The van der Waals surface area contributed by atoms with Crippen LogP contribution in [-0.4, -0.2) is 60.0 Å². The molecule has 1 aliphatic carbocycles. The predicted octanol–water partition coefficient (Wildman–Crippen LogP) is 2.75. The lowest BCUT2D eigenvalue weighted by Gasteiger charge is -2.39. The molecule has 4 rings (SSSR count). The van der Waals surface area contributed by atoms with Crippen molar-refractivity contribution in [1.29, 1.82) is 0 Å². The van der Waals surface area contributed by atoms with Gasteiger partial charge in [0.25, 0.3) is 11.5 Å². The first-order chi connectivity index (χ1) is 15.7. The Bertz CT molecular complexity index is 1080. The monoisotopic (exact) mass is 467 g/mol. The molecule has 1 saturated carbocycles. The Labute approximate surface area is 187 Å². The largest absolute Gasteiger partial charge is 0.421 e. The van der Waals surface area contributed by atoms with Gasteiger partial charge in [0.2, 0.25) is 5.95 Å². The Morgan fingerprint density at radius 3 is 2.45 bits per heavy atom. The topological polar surface area (TPSA) is 81.3 Å². The number of carbonyl (C=O) groups is 1. The van der Waals surface area contributed by atoms with E-state index in [4.69, 9.17) is 0 Å². The van der Waals surface area contributed by atoms with Crippen molar-refractivity contribution in [3.8, 4) is 0 Å². The second kappa shape index (κ2) is 9.12. The minimum Gasteiger partial charge on any atom is -0.365 e. The number of pyridine rings is 2. The first kappa shape index (κ1) is 23.2. The molecule has 3 heterocycles. The molecule has 178 valence electrons. The Balaban J connectivity index is 1.35. The summed E-state index contributed by atoms with van der Waals surface area (Å²) in [5.74, 6) is -1.13. The van der Waals surface area contributed by atoms with Gasteiger partial charge in [-0.1, -0.05) is 0 Å². The number of piperazine rings is 1. The summed E-state index contributed by atoms with van der Waals surface area (Å²) >= 11 is 0. The van der Waals surface area contributed by atoms with Gasteiger partial charge in [-0.15, -0.1) is 0 Å². The molecule has 2 atom stereocenters. The number of alkyl halides is 3. The fraction of sp³-hybridized carbons (Fsp3) is 0.500. The molecule has 2 fully saturated rings. The van der Waals surface area contributed by atoms with E-state index in [0.29, 0.717) is 37.6 Å². The minimum atomic E-state index is -4.66. The second-order valence-electron chi connectivity index (χ2n) is 8.43. The van der Waals surface area contributed by atoms with Crippen LogP contribution in [0.3, 0.4) is 0 Å². The zero-order valence-corrected chi connectivity index (χ0v) is 18.1. The zero-order chi connectivity index (χ0) is 23.8. The van der Waals surface area contributed by atoms with E-state index in [9.17, 15) is 27.2 Å². The number of amides is 1. The van der Waals surface area contributed by atoms with Crippen LogP contribution in [0.15, 0.2) is 29.1 Å². The quantitative estimate of drug-likeness (QED) is 0.534. The standard InChI is InChI=1S/C22H25F4N5O2/c1-27-21(33)17-6-7-18(19(23)28-17)31-10-8-30(9-11-31)14-3-2-13(12-14)16-5-4-15(20(32)29-16)22(24,25)26/h4-7,13-14H,2-3,8-12H2,1H3,(H,27,33)(H,29,32)/t13-,14+/m1/s1. The lowest BCUT2D eigenvalue weighted by molar-refractivity contribution is -0.138. The van der Waals surface area contributed by atoms with E-state index in [-0.39, 0.29) is 17.7 Å². The van der Waals surface area contributed by atoms with Crippen molar-refractivity contribution in [1.82, 2.24) is 20.2 Å². The molecule has 2 aromatic heterocycles. The van der Waals surface area contributed by atoms with Crippen molar-refractivity contribution < 1.29 is 22.4 Å². The molecule has 2 aromatic rings. The number of carbonyl (C=O) groups excluding carboxylic acids is 1. The summed E-state index contributed by atoms with van der Waals surface area (Å²) in [6.07, 6.45) is -2.25. The number of nitrogens with zero attached hydrogens (tertiary/aromatic N) is 3. The normalized spacial score (nSPS) is 21.9. The summed E-state index contributed by atoms with van der Waals surface area (Å²) in [4.78, 5) is 33.8. The number of H-pyrrole nitrogens is 1. The zero-order valence-electron chi connectivity index (χ0n) is 18.1. The van der Waals surface area contributed by atoms with Crippen molar-refractivity contribution in [3.05, 3.63) is 57.5 Å². The number of aromatic amines is 1. The van der Waals surface area contributed by atoms with Gasteiger partial charge in [0, 0.05) is 50.9 Å². The average molecular weight is 467 g/mol. The molecule has 2 N–H and O–H groups in total. The number of nitrogens with one attached hydrogen (secondary N) is 2. The highest BCUT2D eigenvalue weighted by Gasteiger charge is 2.36. The number of hydrogen-bond donors (Lipinski definition) is 2. The molecular formula is C22H25F4N5O2. The van der Waals surface area contributed by atoms with Gasteiger partial charge in [0.1, 0.15) is 11.3 Å². The van der Waals surface area contributed by atoms with E-state index in [0.717, 1.165) is 25.3 Å². The summed E-state index contributed by atoms with van der Waals surface area (Å²) in [6, 6.07) is 5.54. The number of rotatable bonds is 4. The summed E-state index contributed by atoms with van der Waals surface area (Å²) in [6.45, 7) is 2.60. The number of hydrogen-bond acceptors (Lipinski definition) is 5. The van der Waals surface area contributed by atoms with Crippen LogP contribution in [0.5, 0.6) is 0 Å². The molecule has 2 aliphatic rings. The average Bonchev–Trinajstić information content (AvgIpc) is 3.28. The van der Waals surface area contributed by atoms with Crippen LogP contribution in [0.2, 0.25) is 0 Å². The van der Waals surface area contributed by atoms with Gasteiger partial charge in [-0.2, -0.15) is 17.6 Å². The molecule has 0 bridgehead atoms. The maximum Gasteiger partial charge on any atom is 0.421 e. The minimum absolute atomic E-state index is 0.00177. The lowest BCUT2D eigenvalue weighted by atomic mass is 10.0. The van der Waals surface area contributed by atoms with Crippen molar-refractivity contribution in [2.75, 3.05) is 38.1 Å². The highest BCUT2D eigenvalue weighted by Crippen LogP contribution is 2.37. The third kappa shape index (κ3) is 4.87. The predicted molar refractivity (Wildman–Crippen MR) is 114 cm³/mol. The highest BCUT2D eigenvalue weighted by atomic mass is 19.4. The molecule has 1 amide bonds. The first-order valence-electron chi connectivity index (χ1n) is 10.9. The Kier molecular flexibility index (Phi) is 6.42. The number of anilines is 1. The van der Waals surface area contributed by atoms with Gasteiger partial charge in [-0.05, 0) is 43.5 Å². The van der Waals surface area contributed by atoms with E-state index < -0.39 is 29.2 Å². The van der Waals surface area contributed by atoms with Crippen molar-refractivity contribution in [2.45, 2.75) is 37.4 Å². The summed E-state index contributed by atoms with van der Waals surface area (Å²) in [5.41, 5.74) is -1.36. The number of halogens is 4. The summed E-state index contributed by atoms with van der Waals surface area (Å²) < 4.78 is 53.0. The van der Waals surface area contributed by atoms with Gasteiger partial charge < -0.3 is 15.2 Å². The summed E-state index contributed by atoms with van der Waals surface area (Å²) in [7, 11) is 1.46. The molecule has 0 spiro atoms. The number of aromatic nitrogens is 2. The van der Waals surface area contributed by atoms with Crippen LogP contribution < -0.4 is 15.8 Å². The van der Waals surface area contributed by atoms with Gasteiger partial charge in [0.15, 0.2) is 0 Å². The van der Waals surface area contributed by atoms with E-state index >= 15 is 0 Å². The van der Waals surface area contributed by atoms with E-state index in [1.807, 2.05) is 4.90 Å². The SMILES string of the molecule is CNC(=O)c1ccc(N2CCN([C@H]3CC[C@@H](c4ccc(C(F)(F)F)c(=O)[nH]4)C3)CC2)c(F)n1. The van der Waals surface area contributed by atoms with Gasteiger partial charge in [0.05, 0.1) is 5.69 Å². The molecule has 11 heteroatoms. The van der Waals surface area contributed by atoms with E-state index in [2.05, 4.69) is 20.2 Å². The van der Waals surface area contributed by atoms with Crippen molar-refractivity contribution >= 4 is 11.6 Å². The maximum atomic E-state index is 14.5. The maximum absolute atomic E-state index is 14.5. The molecular weight excluding hydrogens is 442 g/mol. The fourth-order valence-electron chi connectivity index (χ4n) is 4.77. The first-order valence-corrected chi connectivity index (χ1v) is 10.9. The van der Waals surface area contributed by atoms with Gasteiger partial charge in [-0.3, -0.25) is 14.5 Å². The molecule has 33 heavy (non-hydrogen) atoms. The molecule has 1 saturated heterocycles. The van der Waals surface area contributed by atoms with E-state index in [1.54, 1.807) is 6.07 Å². The van der Waals surface area contributed by atoms with Crippen molar-refractivity contribution in [2.24, 2.45) is 0 Å². The van der Waals surface area contributed by atoms with Crippen LogP contribution in [0.4, 0.5) is 23.2 Å². The van der Waals surface area contributed by atoms with Crippen LogP contribution >= 0.6 is 0 Å². The third-order valence-electron chi connectivity index (χ3n) is 6.54. The molecule has 0 unspecified atom stereocenters. The van der Waals surface area contributed by atoms with E-state index in [1.165, 1.54) is 19.2 Å². The lowest BCUT2D eigenvalue weighted by Crippen LogP contribution is -2.50. The molecule has 7 nitrogen and oxygen atoms in total. The summed E-state index contributed by atoms with van der Waals surface area (Å²) in [5, 5.41) is 2.41. The molecule has 0 radical (unpaired) electrons. The molecule has 1 aliphatic heterocycles. The Morgan fingerprint density at radius 1 is 1.12 bits per heavy atom. The second-order valence-corrected chi connectivity index (χ2v) is 8.43. The fourth-order valence-corrected chi connectivity index (χ4v) is 4.77. The Morgan fingerprint density at radius 2 is 1.85 bits per heavy atom. The van der Waals surface area contributed by atoms with Crippen LogP contribution in [-0.2, 0) is 6.18 Å². The van der Waals surface area contributed by atoms with Crippen LogP contribution in [0.1, 0.15) is 46.9 Å². The van der Waals surface area contributed by atoms with Gasteiger partial charge in [-0.25, -0.2) is 4.98 Å². The van der Waals surface area contributed by atoms with Crippen LogP contribution in [0.25, 0.3) is 0 Å². The third-order valence-corrected chi connectivity index (χ3v) is 6.54. The van der Waals surface area contributed by atoms with Crippen LogP contribution in [0, 0.1) is 5.95 Å².